The third-order valence-corrected chi connectivity index (χ3v) is 4.19. The Kier molecular flexibility index (Phi) is 8.46. The van der Waals surface area contributed by atoms with Crippen LogP contribution in [0.2, 0.25) is 0 Å². The number of unbranched alkanes of at least 4 members (excludes halogenated alkanes) is 5. The molecule has 0 N–H and O–H groups in total. The van der Waals surface area contributed by atoms with Crippen LogP contribution in [0.3, 0.4) is 0 Å². The Labute approximate surface area is 133 Å². The highest BCUT2D eigenvalue weighted by Crippen LogP contribution is 2.15. The van der Waals surface area contributed by atoms with Gasteiger partial charge in [-0.15, -0.1) is 0 Å². The Morgan fingerprint density at radius 2 is 1.55 bits per heavy atom. The molecule has 0 saturated carbocycles. The van der Waals surface area contributed by atoms with Crippen molar-refractivity contribution in [3.05, 3.63) is 29.8 Å². The van der Waals surface area contributed by atoms with Gasteiger partial charge in [0.05, 0.1) is 0 Å². The highest BCUT2D eigenvalue weighted by molar-refractivity contribution is 7.16. The molecule has 0 aliphatic heterocycles. The molecular formula is C15H22BF4NS. The fourth-order valence-electron chi connectivity index (χ4n) is 2.21. The number of aromatic nitrogens is 1. The van der Waals surface area contributed by atoms with Gasteiger partial charge in [0.25, 0.3) is 0 Å². The molecule has 7 heteroatoms. The smallest absolute Gasteiger partial charge is 0.418 e. The van der Waals surface area contributed by atoms with Crippen molar-refractivity contribution < 1.29 is 21.8 Å². The van der Waals surface area contributed by atoms with Crippen molar-refractivity contribution >= 4 is 28.8 Å². The average molecular weight is 335 g/mol. The van der Waals surface area contributed by atoms with Gasteiger partial charge in [-0.2, -0.15) is 4.57 Å². The highest BCUT2D eigenvalue weighted by Gasteiger charge is 2.20. The molecule has 0 aliphatic carbocycles. The van der Waals surface area contributed by atoms with Gasteiger partial charge in [-0.3, -0.25) is 0 Å². The zero-order valence-corrected chi connectivity index (χ0v) is 13.6. The third-order valence-electron chi connectivity index (χ3n) is 3.23. The van der Waals surface area contributed by atoms with E-state index in [9.17, 15) is 17.3 Å². The number of benzene rings is 1. The predicted octanol–water partition coefficient (Wildman–Crippen LogP) is 5.85. The summed E-state index contributed by atoms with van der Waals surface area (Å²) in [5.74, 6) is 0. The van der Waals surface area contributed by atoms with Crippen LogP contribution >= 0.6 is 11.3 Å². The summed E-state index contributed by atoms with van der Waals surface area (Å²) in [6, 6.07) is 8.68. The fourth-order valence-corrected chi connectivity index (χ4v) is 3.13. The van der Waals surface area contributed by atoms with Gasteiger partial charge in [-0.1, -0.05) is 56.1 Å². The molecule has 0 atom stereocenters. The number of rotatable bonds is 7. The van der Waals surface area contributed by atoms with Gasteiger partial charge in [0.2, 0.25) is 11.0 Å². The van der Waals surface area contributed by atoms with E-state index in [0.29, 0.717) is 0 Å². The first-order chi connectivity index (χ1) is 10.4. The number of thiazole rings is 1. The SMILES string of the molecule is CCCCCCCC[n+]1csc2ccccc21.F[B-](F)(F)F. The van der Waals surface area contributed by atoms with E-state index in [-0.39, 0.29) is 0 Å². The molecule has 1 aromatic carbocycles. The molecule has 1 heterocycles. The second-order valence-electron chi connectivity index (χ2n) is 5.15. The van der Waals surface area contributed by atoms with Crippen molar-refractivity contribution in [3.8, 4) is 0 Å². The molecule has 0 aliphatic rings. The van der Waals surface area contributed by atoms with Gasteiger partial charge in [-0.25, -0.2) is 0 Å². The summed E-state index contributed by atoms with van der Waals surface area (Å²) >= 11 is 1.85. The van der Waals surface area contributed by atoms with Gasteiger partial charge in [0.1, 0.15) is 11.2 Å². The van der Waals surface area contributed by atoms with E-state index in [1.165, 1.54) is 55.3 Å². The molecule has 0 amide bonds. The van der Waals surface area contributed by atoms with Crippen LogP contribution in [0.1, 0.15) is 45.4 Å². The standard InChI is InChI=1S/C15H22NS.BF4/c1-2-3-4-5-6-9-12-16-13-17-15-11-8-7-10-14(15)16;2-1(3,4)5/h7-8,10-11,13H,2-6,9,12H2,1H3;/q+1;-1. The number of para-hydroxylation sites is 1. The van der Waals surface area contributed by atoms with Crippen LogP contribution in [-0.2, 0) is 6.54 Å². The zero-order chi connectivity index (χ0) is 16.4. The summed E-state index contributed by atoms with van der Waals surface area (Å²) in [6.45, 7) is 3.45. The van der Waals surface area contributed by atoms with Crippen LogP contribution < -0.4 is 4.57 Å². The number of halogens is 4. The van der Waals surface area contributed by atoms with Gasteiger partial charge in [-0.05, 0) is 12.5 Å². The van der Waals surface area contributed by atoms with Gasteiger partial charge >= 0.3 is 7.25 Å². The Morgan fingerprint density at radius 1 is 0.955 bits per heavy atom. The van der Waals surface area contributed by atoms with Crippen molar-refractivity contribution in [2.45, 2.75) is 52.0 Å². The molecule has 22 heavy (non-hydrogen) atoms. The van der Waals surface area contributed by atoms with E-state index < -0.39 is 7.25 Å². The van der Waals surface area contributed by atoms with E-state index >= 15 is 0 Å². The van der Waals surface area contributed by atoms with Gasteiger partial charge in [0, 0.05) is 12.5 Å². The van der Waals surface area contributed by atoms with E-state index in [1.807, 2.05) is 11.3 Å². The number of hydrogen-bond acceptors (Lipinski definition) is 1. The summed E-state index contributed by atoms with van der Waals surface area (Å²) < 4.78 is 42.8. The quantitative estimate of drug-likeness (QED) is 0.259. The third kappa shape index (κ3) is 8.36. The van der Waals surface area contributed by atoms with Crippen LogP contribution in [0.4, 0.5) is 17.3 Å². The minimum Gasteiger partial charge on any atom is -0.418 e. The van der Waals surface area contributed by atoms with Crippen molar-refractivity contribution in [3.63, 3.8) is 0 Å². The normalized spacial score (nSPS) is 11.3. The largest absolute Gasteiger partial charge is 0.673 e. The number of hydrogen-bond donors (Lipinski definition) is 0. The van der Waals surface area contributed by atoms with E-state index in [4.69, 9.17) is 0 Å². The summed E-state index contributed by atoms with van der Waals surface area (Å²) in [5, 5.41) is 0. The second-order valence-corrected chi connectivity index (χ2v) is 6.03. The Hall–Kier alpha value is -1.11. The van der Waals surface area contributed by atoms with Crippen LogP contribution in [0.15, 0.2) is 29.8 Å². The number of aryl methyl sites for hydroxylation is 1. The minimum absolute atomic E-state index is 1.18. The molecule has 1 nitrogen and oxygen atoms in total. The van der Waals surface area contributed by atoms with Gasteiger partial charge < -0.3 is 17.3 Å². The van der Waals surface area contributed by atoms with Crippen LogP contribution in [0, 0.1) is 0 Å². The summed E-state index contributed by atoms with van der Waals surface area (Å²) in [6.07, 6.45) is 8.23. The lowest BCUT2D eigenvalue weighted by molar-refractivity contribution is -0.667. The molecule has 124 valence electrons. The summed E-state index contributed by atoms with van der Waals surface area (Å²) in [5.41, 5.74) is 3.66. The second kappa shape index (κ2) is 9.82. The maximum atomic E-state index is 9.75. The van der Waals surface area contributed by atoms with Crippen LogP contribution in [0.5, 0.6) is 0 Å². The maximum absolute atomic E-state index is 9.75. The Morgan fingerprint density at radius 3 is 2.23 bits per heavy atom. The lowest BCUT2D eigenvalue weighted by Gasteiger charge is -1.97. The molecule has 2 aromatic rings. The number of fused-ring (bicyclic) bond motifs is 1. The van der Waals surface area contributed by atoms with Crippen molar-refractivity contribution in [2.75, 3.05) is 0 Å². The molecule has 0 spiro atoms. The highest BCUT2D eigenvalue weighted by atomic mass is 32.1. The van der Waals surface area contributed by atoms with E-state index in [0.717, 1.165) is 0 Å². The Bertz CT molecular complexity index is 536. The molecule has 0 fully saturated rings. The van der Waals surface area contributed by atoms with Crippen molar-refractivity contribution in [2.24, 2.45) is 0 Å². The molecule has 0 radical (unpaired) electrons. The van der Waals surface area contributed by atoms with Crippen LogP contribution in [-0.4, -0.2) is 7.25 Å². The first-order valence-corrected chi connectivity index (χ1v) is 8.52. The zero-order valence-electron chi connectivity index (χ0n) is 12.8. The average Bonchev–Trinajstić information content (AvgIpc) is 2.84. The van der Waals surface area contributed by atoms with E-state index in [2.05, 4.69) is 41.3 Å². The summed E-state index contributed by atoms with van der Waals surface area (Å²) in [7, 11) is -6.00. The minimum atomic E-state index is -6.00. The van der Waals surface area contributed by atoms with Crippen LogP contribution in [0.25, 0.3) is 10.2 Å². The lowest BCUT2D eigenvalue weighted by atomic mass is 10.1. The fraction of sp³-hybridized carbons (Fsp3) is 0.533. The summed E-state index contributed by atoms with van der Waals surface area (Å²) in [4.78, 5) is 0. The Balaban J connectivity index is 0.000000422. The molecule has 0 unspecified atom stereocenters. The molecule has 2 rings (SSSR count). The monoisotopic (exact) mass is 335 g/mol. The van der Waals surface area contributed by atoms with Gasteiger partial charge in [0.15, 0.2) is 0 Å². The topological polar surface area (TPSA) is 3.88 Å². The molecule has 0 saturated heterocycles. The molecule has 1 aromatic heterocycles. The molecular weight excluding hydrogens is 313 g/mol. The number of nitrogens with zero attached hydrogens (tertiary/aromatic N) is 1. The maximum Gasteiger partial charge on any atom is 0.673 e. The predicted molar refractivity (Wildman–Crippen MR) is 85.6 cm³/mol. The first-order valence-electron chi connectivity index (χ1n) is 7.65. The lowest BCUT2D eigenvalue weighted by Crippen LogP contribution is -2.31. The van der Waals surface area contributed by atoms with Crippen molar-refractivity contribution in [1.29, 1.82) is 0 Å². The molecule has 0 bridgehead atoms. The first kappa shape index (κ1) is 18.9. The van der Waals surface area contributed by atoms with E-state index in [1.54, 1.807) is 0 Å². The van der Waals surface area contributed by atoms with Crippen molar-refractivity contribution in [1.82, 2.24) is 0 Å².